The molecule has 0 spiro atoms. The normalized spacial score (nSPS) is 12.0. The summed E-state index contributed by atoms with van der Waals surface area (Å²) < 4.78 is 4.54. The molecule has 0 aromatic rings. The summed E-state index contributed by atoms with van der Waals surface area (Å²) in [7, 11) is 1.47. The zero-order valence-electron chi connectivity index (χ0n) is 7.13. The number of carbonyl (C=O) groups is 1. The summed E-state index contributed by atoms with van der Waals surface area (Å²) in [5.41, 5.74) is -0.935. The number of ketones is 1. The molecule has 64 valence electrons. The molecule has 0 atom stereocenters. The van der Waals surface area contributed by atoms with Gasteiger partial charge in [-0.2, -0.15) is 0 Å². The maximum atomic E-state index is 10.9. The monoisotopic (exact) mass is 158 g/mol. The van der Waals surface area contributed by atoms with Crippen LogP contribution in [0.2, 0.25) is 0 Å². The fraction of sp³-hybridized carbons (Fsp3) is 0.625. The van der Waals surface area contributed by atoms with E-state index >= 15 is 0 Å². The molecule has 0 aromatic carbocycles. The third-order valence-corrected chi connectivity index (χ3v) is 0.997. The number of ether oxygens (including phenoxy) is 1. The summed E-state index contributed by atoms with van der Waals surface area (Å²) in [5.74, 6) is -0.139. The zero-order chi connectivity index (χ0) is 8.91. The van der Waals surface area contributed by atoms with Crippen molar-refractivity contribution in [2.75, 3.05) is 7.11 Å². The third-order valence-electron chi connectivity index (χ3n) is 0.997. The van der Waals surface area contributed by atoms with Crippen molar-refractivity contribution in [1.29, 1.82) is 0 Å². The minimum absolute atomic E-state index is 0.118. The molecule has 0 unspecified atom stereocenters. The Labute approximate surface area is 66.7 Å². The third kappa shape index (κ3) is 7.06. The van der Waals surface area contributed by atoms with Gasteiger partial charge in [0.1, 0.15) is 0 Å². The van der Waals surface area contributed by atoms with Crippen molar-refractivity contribution < 1.29 is 14.6 Å². The van der Waals surface area contributed by atoms with E-state index in [0.29, 0.717) is 0 Å². The molecule has 0 aliphatic carbocycles. The van der Waals surface area contributed by atoms with Gasteiger partial charge in [0.2, 0.25) is 0 Å². The van der Waals surface area contributed by atoms with Crippen LogP contribution in [-0.2, 0) is 9.53 Å². The van der Waals surface area contributed by atoms with Crippen LogP contribution in [0, 0.1) is 0 Å². The first-order chi connectivity index (χ1) is 4.95. The lowest BCUT2D eigenvalue weighted by Gasteiger charge is -2.13. The fourth-order valence-electron chi connectivity index (χ4n) is 0.629. The Morgan fingerprint density at radius 2 is 2.18 bits per heavy atom. The molecule has 0 saturated heterocycles. The highest BCUT2D eigenvalue weighted by atomic mass is 16.5. The second-order valence-electron chi connectivity index (χ2n) is 2.99. The molecule has 0 radical (unpaired) electrons. The van der Waals surface area contributed by atoms with Gasteiger partial charge in [-0.25, -0.2) is 0 Å². The first-order valence-corrected chi connectivity index (χ1v) is 3.40. The van der Waals surface area contributed by atoms with Crippen LogP contribution in [0.5, 0.6) is 0 Å². The summed E-state index contributed by atoms with van der Waals surface area (Å²) in [4.78, 5) is 10.9. The van der Waals surface area contributed by atoms with Gasteiger partial charge in [-0.3, -0.25) is 4.79 Å². The summed E-state index contributed by atoms with van der Waals surface area (Å²) in [6, 6.07) is 0. The molecule has 0 aromatic heterocycles. The van der Waals surface area contributed by atoms with Gasteiger partial charge < -0.3 is 9.84 Å². The second kappa shape index (κ2) is 4.13. The number of aliphatic hydroxyl groups is 1. The van der Waals surface area contributed by atoms with E-state index in [1.807, 2.05) is 0 Å². The SMILES string of the molecule is CO/C=C/C(=O)CC(C)(C)O. The summed E-state index contributed by atoms with van der Waals surface area (Å²) in [6.07, 6.45) is 2.72. The molecular weight excluding hydrogens is 144 g/mol. The zero-order valence-corrected chi connectivity index (χ0v) is 7.13. The second-order valence-corrected chi connectivity index (χ2v) is 2.99. The highest BCUT2D eigenvalue weighted by Gasteiger charge is 2.15. The molecule has 0 aliphatic rings. The lowest BCUT2D eigenvalue weighted by Crippen LogP contribution is -2.22. The number of carbonyl (C=O) groups excluding carboxylic acids is 1. The Kier molecular flexibility index (Phi) is 3.82. The molecule has 0 aliphatic heterocycles. The summed E-state index contributed by atoms with van der Waals surface area (Å²) in [6.45, 7) is 3.18. The Morgan fingerprint density at radius 3 is 2.55 bits per heavy atom. The van der Waals surface area contributed by atoms with Crippen LogP contribution in [0.3, 0.4) is 0 Å². The van der Waals surface area contributed by atoms with Crippen LogP contribution in [-0.4, -0.2) is 23.6 Å². The van der Waals surface area contributed by atoms with Crippen LogP contribution >= 0.6 is 0 Å². The van der Waals surface area contributed by atoms with Crippen LogP contribution < -0.4 is 0 Å². The van der Waals surface area contributed by atoms with E-state index in [0.717, 1.165) is 0 Å². The van der Waals surface area contributed by atoms with E-state index in [1.165, 1.54) is 19.4 Å². The molecule has 1 N–H and O–H groups in total. The van der Waals surface area contributed by atoms with Crippen LogP contribution in [0.25, 0.3) is 0 Å². The van der Waals surface area contributed by atoms with Crippen molar-refractivity contribution in [3.8, 4) is 0 Å². The predicted octanol–water partition coefficient (Wildman–Crippen LogP) is 0.877. The Morgan fingerprint density at radius 1 is 1.64 bits per heavy atom. The molecule has 0 heterocycles. The fourth-order valence-corrected chi connectivity index (χ4v) is 0.629. The maximum Gasteiger partial charge on any atom is 0.161 e. The molecule has 0 amide bonds. The Balaban J connectivity index is 3.80. The molecule has 0 bridgehead atoms. The Hall–Kier alpha value is -0.830. The van der Waals surface area contributed by atoms with Crippen molar-refractivity contribution in [2.24, 2.45) is 0 Å². The molecule has 0 fully saturated rings. The van der Waals surface area contributed by atoms with E-state index in [1.54, 1.807) is 13.8 Å². The van der Waals surface area contributed by atoms with E-state index in [2.05, 4.69) is 4.74 Å². The smallest absolute Gasteiger partial charge is 0.161 e. The molecular formula is C8H14O3. The standard InChI is InChI=1S/C8H14O3/c1-8(2,10)6-7(9)4-5-11-3/h4-5,10H,6H2,1-3H3/b5-4+. The van der Waals surface area contributed by atoms with E-state index in [9.17, 15) is 9.90 Å². The van der Waals surface area contributed by atoms with Crippen molar-refractivity contribution in [3.05, 3.63) is 12.3 Å². The average molecular weight is 158 g/mol. The number of methoxy groups -OCH3 is 1. The van der Waals surface area contributed by atoms with Gasteiger partial charge in [-0.1, -0.05) is 0 Å². The summed E-state index contributed by atoms with van der Waals surface area (Å²) >= 11 is 0. The van der Waals surface area contributed by atoms with Gasteiger partial charge >= 0.3 is 0 Å². The molecule has 11 heavy (non-hydrogen) atoms. The van der Waals surface area contributed by atoms with Crippen molar-refractivity contribution >= 4 is 5.78 Å². The van der Waals surface area contributed by atoms with Crippen molar-refractivity contribution in [3.63, 3.8) is 0 Å². The minimum atomic E-state index is -0.935. The van der Waals surface area contributed by atoms with E-state index in [4.69, 9.17) is 0 Å². The maximum absolute atomic E-state index is 10.9. The van der Waals surface area contributed by atoms with Crippen molar-refractivity contribution in [2.45, 2.75) is 25.9 Å². The average Bonchev–Trinajstić information content (AvgIpc) is 1.79. The predicted molar refractivity (Wildman–Crippen MR) is 42.1 cm³/mol. The number of rotatable bonds is 4. The first kappa shape index (κ1) is 10.2. The topological polar surface area (TPSA) is 46.5 Å². The highest BCUT2D eigenvalue weighted by Crippen LogP contribution is 2.07. The van der Waals surface area contributed by atoms with Crippen LogP contribution in [0.1, 0.15) is 20.3 Å². The molecule has 3 nitrogen and oxygen atoms in total. The number of hydrogen-bond donors (Lipinski definition) is 1. The number of allylic oxidation sites excluding steroid dienone is 1. The van der Waals surface area contributed by atoms with Crippen LogP contribution in [0.4, 0.5) is 0 Å². The first-order valence-electron chi connectivity index (χ1n) is 3.40. The van der Waals surface area contributed by atoms with Gasteiger partial charge in [0.25, 0.3) is 0 Å². The van der Waals surface area contributed by atoms with Gasteiger partial charge in [0.05, 0.1) is 19.0 Å². The van der Waals surface area contributed by atoms with Crippen molar-refractivity contribution in [1.82, 2.24) is 0 Å². The minimum Gasteiger partial charge on any atom is -0.504 e. The van der Waals surface area contributed by atoms with Gasteiger partial charge in [0, 0.05) is 12.5 Å². The van der Waals surface area contributed by atoms with Gasteiger partial charge in [0.15, 0.2) is 5.78 Å². The summed E-state index contributed by atoms with van der Waals surface area (Å²) in [5, 5.41) is 9.19. The number of hydrogen-bond acceptors (Lipinski definition) is 3. The Bertz CT molecular complexity index is 153. The highest BCUT2D eigenvalue weighted by molar-refractivity contribution is 5.90. The molecule has 0 saturated carbocycles. The largest absolute Gasteiger partial charge is 0.504 e. The van der Waals surface area contributed by atoms with Gasteiger partial charge in [-0.05, 0) is 13.8 Å². The van der Waals surface area contributed by atoms with Gasteiger partial charge in [-0.15, -0.1) is 0 Å². The molecule has 0 rings (SSSR count). The van der Waals surface area contributed by atoms with E-state index < -0.39 is 5.60 Å². The lowest BCUT2D eigenvalue weighted by molar-refractivity contribution is -0.118. The van der Waals surface area contributed by atoms with Crippen LogP contribution in [0.15, 0.2) is 12.3 Å². The van der Waals surface area contributed by atoms with E-state index in [-0.39, 0.29) is 12.2 Å². The molecule has 3 heteroatoms. The lowest BCUT2D eigenvalue weighted by atomic mass is 10.0. The quantitative estimate of drug-likeness (QED) is 0.488.